The van der Waals surface area contributed by atoms with Crippen molar-refractivity contribution >= 4 is 28.4 Å². The van der Waals surface area contributed by atoms with E-state index in [2.05, 4.69) is 17.2 Å². The molecule has 1 aromatic carbocycles. The van der Waals surface area contributed by atoms with Crippen molar-refractivity contribution in [2.45, 2.75) is 33.6 Å². The van der Waals surface area contributed by atoms with Crippen molar-refractivity contribution in [1.82, 2.24) is 9.88 Å². The summed E-state index contributed by atoms with van der Waals surface area (Å²) in [5.41, 5.74) is 0.252. The van der Waals surface area contributed by atoms with E-state index in [1.165, 1.54) is 0 Å². The van der Waals surface area contributed by atoms with Crippen LogP contribution in [0.25, 0.3) is 10.9 Å². The van der Waals surface area contributed by atoms with E-state index in [0.29, 0.717) is 11.6 Å². The van der Waals surface area contributed by atoms with E-state index in [1.54, 1.807) is 20.0 Å². The molecule has 132 valence electrons. The first kappa shape index (κ1) is 17.4. The van der Waals surface area contributed by atoms with Crippen molar-refractivity contribution in [3.8, 4) is 0 Å². The van der Waals surface area contributed by atoms with Crippen LogP contribution >= 0.6 is 0 Å². The van der Waals surface area contributed by atoms with Gasteiger partial charge in [-0.3, -0.25) is 14.6 Å². The van der Waals surface area contributed by atoms with Crippen molar-refractivity contribution in [2.24, 2.45) is 11.3 Å². The molecule has 3 rings (SSSR count). The van der Waals surface area contributed by atoms with Crippen molar-refractivity contribution < 1.29 is 9.59 Å². The fraction of sp³-hybridized carbons (Fsp3) is 0.450. The lowest BCUT2D eigenvalue weighted by Gasteiger charge is -2.35. The van der Waals surface area contributed by atoms with Gasteiger partial charge in [0.1, 0.15) is 5.41 Å². The maximum Gasteiger partial charge on any atom is 0.239 e. The smallest absolute Gasteiger partial charge is 0.239 e. The predicted octanol–water partition coefficient (Wildman–Crippen LogP) is 3.46. The Morgan fingerprint density at radius 1 is 1.16 bits per heavy atom. The number of amides is 2. The molecular weight excluding hydrogens is 314 g/mol. The van der Waals surface area contributed by atoms with Gasteiger partial charge >= 0.3 is 0 Å². The van der Waals surface area contributed by atoms with E-state index < -0.39 is 5.41 Å². The molecule has 0 bridgehead atoms. The molecule has 0 unspecified atom stereocenters. The first-order chi connectivity index (χ1) is 11.9. The summed E-state index contributed by atoms with van der Waals surface area (Å²) in [6, 6.07) is 9.45. The topological polar surface area (TPSA) is 62.3 Å². The summed E-state index contributed by atoms with van der Waals surface area (Å²) < 4.78 is 0. The normalized spacial score (nSPS) is 16.0. The molecule has 1 aromatic heterocycles. The van der Waals surface area contributed by atoms with E-state index in [4.69, 9.17) is 0 Å². The number of fused-ring (bicyclic) bond motifs is 1. The van der Waals surface area contributed by atoms with Gasteiger partial charge in [0.2, 0.25) is 11.8 Å². The molecule has 0 aliphatic carbocycles. The van der Waals surface area contributed by atoms with Crippen molar-refractivity contribution in [1.29, 1.82) is 0 Å². The monoisotopic (exact) mass is 339 g/mol. The summed E-state index contributed by atoms with van der Waals surface area (Å²) >= 11 is 0. The molecule has 25 heavy (non-hydrogen) atoms. The SMILES string of the molecule is CC1CCN(C(=O)C(C)(C)C(=O)Nc2cccc3cccnc23)CC1. The number of benzene rings is 1. The summed E-state index contributed by atoms with van der Waals surface area (Å²) in [5, 5.41) is 3.86. The van der Waals surface area contributed by atoms with Gasteiger partial charge < -0.3 is 10.2 Å². The number of nitrogens with one attached hydrogen (secondary N) is 1. The third-order valence-corrected chi connectivity index (χ3v) is 5.05. The van der Waals surface area contributed by atoms with Crippen LogP contribution in [0.2, 0.25) is 0 Å². The molecule has 0 atom stereocenters. The number of hydrogen-bond acceptors (Lipinski definition) is 3. The molecule has 1 fully saturated rings. The molecule has 0 radical (unpaired) electrons. The lowest BCUT2D eigenvalue weighted by atomic mass is 9.88. The Morgan fingerprint density at radius 2 is 1.84 bits per heavy atom. The van der Waals surface area contributed by atoms with Gasteiger partial charge in [0.25, 0.3) is 0 Å². The number of para-hydroxylation sites is 1. The van der Waals surface area contributed by atoms with Crippen molar-refractivity contribution in [3.63, 3.8) is 0 Å². The average molecular weight is 339 g/mol. The Bertz CT molecular complexity index is 787. The highest BCUT2D eigenvalue weighted by Crippen LogP contribution is 2.27. The minimum Gasteiger partial charge on any atom is -0.342 e. The summed E-state index contributed by atoms with van der Waals surface area (Å²) in [6.07, 6.45) is 3.69. The van der Waals surface area contributed by atoms with Crippen LogP contribution < -0.4 is 5.32 Å². The van der Waals surface area contributed by atoms with Gasteiger partial charge in [0, 0.05) is 24.7 Å². The number of rotatable bonds is 3. The second-order valence-corrected chi connectivity index (χ2v) is 7.43. The van der Waals surface area contributed by atoms with E-state index in [9.17, 15) is 9.59 Å². The number of hydrogen-bond donors (Lipinski definition) is 1. The Kier molecular flexibility index (Phi) is 4.75. The van der Waals surface area contributed by atoms with Gasteiger partial charge in [-0.05, 0) is 44.7 Å². The summed E-state index contributed by atoms with van der Waals surface area (Å²) in [7, 11) is 0. The molecule has 0 spiro atoms. The Balaban J connectivity index is 1.78. The number of likely N-dealkylation sites (tertiary alicyclic amines) is 1. The minimum atomic E-state index is -1.11. The molecule has 1 saturated heterocycles. The van der Waals surface area contributed by atoms with Crippen LogP contribution in [-0.2, 0) is 9.59 Å². The molecular formula is C20H25N3O2. The zero-order valence-corrected chi connectivity index (χ0v) is 15.1. The first-order valence-corrected chi connectivity index (χ1v) is 8.84. The molecule has 2 amide bonds. The molecule has 1 aliphatic heterocycles. The lowest BCUT2D eigenvalue weighted by Crippen LogP contribution is -2.49. The Labute approximate surface area is 148 Å². The van der Waals surface area contributed by atoms with Crippen LogP contribution in [0.4, 0.5) is 5.69 Å². The van der Waals surface area contributed by atoms with Crippen molar-refractivity contribution in [3.05, 3.63) is 36.5 Å². The Hall–Kier alpha value is -2.43. The lowest BCUT2D eigenvalue weighted by molar-refractivity contribution is -0.147. The fourth-order valence-corrected chi connectivity index (χ4v) is 3.19. The summed E-state index contributed by atoms with van der Waals surface area (Å²) in [5.74, 6) is 0.238. The number of carbonyl (C=O) groups excluding carboxylic acids is 2. The molecule has 1 aliphatic rings. The molecule has 2 aromatic rings. The molecule has 1 N–H and O–H groups in total. The standard InChI is InChI=1S/C20H25N3O2/c1-14-9-12-23(13-10-14)19(25)20(2,3)18(24)22-16-8-4-6-15-7-5-11-21-17(15)16/h4-8,11,14H,9-10,12-13H2,1-3H3,(H,22,24). The van der Waals surface area contributed by atoms with E-state index in [1.807, 2.05) is 35.2 Å². The third-order valence-electron chi connectivity index (χ3n) is 5.05. The summed E-state index contributed by atoms with van der Waals surface area (Å²) in [6.45, 7) is 7.05. The van der Waals surface area contributed by atoms with Crippen LogP contribution in [0, 0.1) is 11.3 Å². The first-order valence-electron chi connectivity index (χ1n) is 8.84. The minimum absolute atomic E-state index is 0.106. The quantitative estimate of drug-likeness (QED) is 0.871. The van der Waals surface area contributed by atoms with E-state index in [-0.39, 0.29) is 11.8 Å². The van der Waals surface area contributed by atoms with E-state index >= 15 is 0 Å². The van der Waals surface area contributed by atoms with Gasteiger partial charge in [0.05, 0.1) is 11.2 Å². The zero-order chi connectivity index (χ0) is 18.0. The van der Waals surface area contributed by atoms with Gasteiger partial charge in [-0.1, -0.05) is 25.1 Å². The molecule has 0 saturated carbocycles. The largest absolute Gasteiger partial charge is 0.342 e. The van der Waals surface area contributed by atoms with Crippen molar-refractivity contribution in [2.75, 3.05) is 18.4 Å². The number of pyridine rings is 1. The number of carbonyl (C=O) groups is 2. The van der Waals surface area contributed by atoms with E-state index in [0.717, 1.165) is 36.8 Å². The number of anilines is 1. The maximum absolute atomic E-state index is 12.9. The zero-order valence-electron chi connectivity index (χ0n) is 15.1. The van der Waals surface area contributed by atoms with Crippen LogP contribution in [0.3, 0.4) is 0 Å². The maximum atomic E-state index is 12.9. The van der Waals surface area contributed by atoms with Crippen LogP contribution in [0.1, 0.15) is 33.6 Å². The second kappa shape index (κ2) is 6.82. The van der Waals surface area contributed by atoms with Gasteiger partial charge in [-0.15, -0.1) is 0 Å². The summed E-state index contributed by atoms with van der Waals surface area (Å²) in [4.78, 5) is 31.9. The number of nitrogens with zero attached hydrogens (tertiary/aromatic N) is 2. The second-order valence-electron chi connectivity index (χ2n) is 7.43. The highest BCUT2D eigenvalue weighted by molar-refractivity contribution is 6.12. The van der Waals surface area contributed by atoms with Crippen LogP contribution in [-0.4, -0.2) is 34.8 Å². The number of piperidine rings is 1. The van der Waals surface area contributed by atoms with Gasteiger partial charge in [0.15, 0.2) is 0 Å². The molecule has 5 heteroatoms. The number of aromatic nitrogens is 1. The highest BCUT2D eigenvalue weighted by Gasteiger charge is 2.40. The molecule has 2 heterocycles. The highest BCUT2D eigenvalue weighted by atomic mass is 16.2. The van der Waals surface area contributed by atoms with Gasteiger partial charge in [-0.2, -0.15) is 0 Å². The third kappa shape index (κ3) is 3.50. The predicted molar refractivity (Wildman–Crippen MR) is 99.1 cm³/mol. The average Bonchev–Trinajstić information content (AvgIpc) is 2.62. The fourth-order valence-electron chi connectivity index (χ4n) is 3.19. The Morgan fingerprint density at radius 3 is 2.56 bits per heavy atom. The van der Waals surface area contributed by atoms with Crippen LogP contribution in [0.15, 0.2) is 36.5 Å². The van der Waals surface area contributed by atoms with Crippen LogP contribution in [0.5, 0.6) is 0 Å². The molecule has 5 nitrogen and oxygen atoms in total. The van der Waals surface area contributed by atoms with Gasteiger partial charge in [-0.25, -0.2) is 0 Å².